The Morgan fingerprint density at radius 1 is 1.25 bits per heavy atom. The number of guanidine groups is 1. The van der Waals surface area contributed by atoms with Gasteiger partial charge in [-0.3, -0.25) is 4.68 Å². The molecule has 1 aromatic carbocycles. The van der Waals surface area contributed by atoms with Crippen molar-refractivity contribution >= 4 is 29.9 Å². The number of nitrogens with zero attached hydrogens (tertiary/aromatic N) is 3. The zero-order valence-corrected chi connectivity index (χ0v) is 19.6. The molecule has 0 saturated heterocycles. The SMILES string of the molecule is CCNC(=NCc1ccc(C)c(F)c1)NCc1c(C)nn(CCOC)c1C.I. The molecule has 0 aliphatic heterocycles. The number of aromatic nitrogens is 2. The van der Waals surface area contributed by atoms with Gasteiger partial charge in [0.2, 0.25) is 0 Å². The van der Waals surface area contributed by atoms with E-state index in [-0.39, 0.29) is 29.8 Å². The minimum atomic E-state index is -0.199. The van der Waals surface area contributed by atoms with Crippen LogP contribution in [0.3, 0.4) is 0 Å². The molecule has 0 spiro atoms. The number of rotatable bonds is 8. The summed E-state index contributed by atoms with van der Waals surface area (Å²) >= 11 is 0. The van der Waals surface area contributed by atoms with Gasteiger partial charge in [0.05, 0.1) is 25.4 Å². The number of aliphatic imine (C=N–C) groups is 1. The Labute approximate surface area is 184 Å². The van der Waals surface area contributed by atoms with Gasteiger partial charge in [-0.15, -0.1) is 24.0 Å². The van der Waals surface area contributed by atoms with Crippen molar-refractivity contribution in [2.75, 3.05) is 20.3 Å². The lowest BCUT2D eigenvalue weighted by molar-refractivity contribution is 0.182. The van der Waals surface area contributed by atoms with Crippen LogP contribution in [-0.2, 0) is 24.4 Å². The van der Waals surface area contributed by atoms with Crippen LogP contribution in [0, 0.1) is 26.6 Å². The summed E-state index contributed by atoms with van der Waals surface area (Å²) in [6, 6.07) is 5.22. The fourth-order valence-corrected chi connectivity index (χ4v) is 2.80. The van der Waals surface area contributed by atoms with E-state index in [1.54, 1.807) is 20.1 Å². The van der Waals surface area contributed by atoms with Crippen molar-refractivity contribution in [2.24, 2.45) is 4.99 Å². The molecule has 0 amide bonds. The highest BCUT2D eigenvalue weighted by molar-refractivity contribution is 14.0. The zero-order valence-electron chi connectivity index (χ0n) is 17.3. The van der Waals surface area contributed by atoms with Gasteiger partial charge in [-0.25, -0.2) is 9.38 Å². The van der Waals surface area contributed by atoms with Crippen molar-refractivity contribution in [2.45, 2.75) is 47.3 Å². The molecule has 0 atom stereocenters. The highest BCUT2D eigenvalue weighted by Gasteiger charge is 2.12. The van der Waals surface area contributed by atoms with E-state index < -0.39 is 0 Å². The Hall–Kier alpha value is -1.68. The van der Waals surface area contributed by atoms with Crippen LogP contribution in [0.15, 0.2) is 23.2 Å². The van der Waals surface area contributed by atoms with Gasteiger partial charge in [-0.2, -0.15) is 5.10 Å². The molecular formula is C20H31FIN5O. The standard InChI is InChI=1S/C20H30FN5O.HI/c1-6-22-20(23-12-17-8-7-14(2)19(21)11-17)24-13-18-15(3)25-26(16(18)4)9-10-27-5;/h7-8,11H,6,9-10,12-13H2,1-5H3,(H2,22,23,24);1H. The number of benzene rings is 1. The van der Waals surface area contributed by atoms with Crippen molar-refractivity contribution in [3.05, 3.63) is 52.1 Å². The monoisotopic (exact) mass is 503 g/mol. The van der Waals surface area contributed by atoms with E-state index in [1.807, 2.05) is 24.6 Å². The molecular weight excluding hydrogens is 472 g/mol. The minimum absolute atomic E-state index is 0. The van der Waals surface area contributed by atoms with Gasteiger partial charge >= 0.3 is 0 Å². The number of ether oxygens (including phenoxy) is 1. The number of halogens is 2. The topological polar surface area (TPSA) is 63.5 Å². The van der Waals surface area contributed by atoms with Crippen LogP contribution in [-0.4, -0.2) is 36.0 Å². The quantitative estimate of drug-likeness (QED) is 0.329. The maximum absolute atomic E-state index is 13.7. The maximum atomic E-state index is 13.7. The molecule has 0 bridgehead atoms. The predicted molar refractivity (Wildman–Crippen MR) is 122 cm³/mol. The lowest BCUT2D eigenvalue weighted by Crippen LogP contribution is -2.37. The molecule has 2 aromatic rings. The van der Waals surface area contributed by atoms with Gasteiger partial charge in [0.25, 0.3) is 0 Å². The third-order valence-corrected chi connectivity index (χ3v) is 4.47. The molecule has 28 heavy (non-hydrogen) atoms. The Kier molecular flexibility index (Phi) is 10.4. The highest BCUT2D eigenvalue weighted by atomic mass is 127. The number of aryl methyl sites for hydroxylation is 2. The number of nitrogens with one attached hydrogen (secondary N) is 2. The van der Waals surface area contributed by atoms with E-state index >= 15 is 0 Å². The molecule has 156 valence electrons. The molecule has 2 rings (SSSR count). The summed E-state index contributed by atoms with van der Waals surface area (Å²) in [5.41, 5.74) is 4.75. The molecule has 8 heteroatoms. The molecule has 1 heterocycles. The van der Waals surface area contributed by atoms with Crippen LogP contribution >= 0.6 is 24.0 Å². The van der Waals surface area contributed by atoms with Crippen molar-refractivity contribution in [3.63, 3.8) is 0 Å². The van der Waals surface area contributed by atoms with E-state index in [0.717, 1.165) is 35.6 Å². The number of hydrogen-bond donors (Lipinski definition) is 2. The van der Waals surface area contributed by atoms with E-state index in [4.69, 9.17) is 4.74 Å². The van der Waals surface area contributed by atoms with Crippen molar-refractivity contribution in [1.29, 1.82) is 0 Å². The molecule has 0 radical (unpaired) electrons. The minimum Gasteiger partial charge on any atom is -0.383 e. The normalized spacial score (nSPS) is 11.3. The Morgan fingerprint density at radius 3 is 2.64 bits per heavy atom. The first-order chi connectivity index (χ1) is 13.0. The zero-order chi connectivity index (χ0) is 19.8. The second kappa shape index (κ2) is 12.0. The second-order valence-corrected chi connectivity index (χ2v) is 6.50. The number of methoxy groups -OCH3 is 1. The smallest absolute Gasteiger partial charge is 0.191 e. The summed E-state index contributed by atoms with van der Waals surface area (Å²) in [6.45, 7) is 11.0. The molecule has 1 aromatic heterocycles. The van der Waals surface area contributed by atoms with Crippen molar-refractivity contribution in [1.82, 2.24) is 20.4 Å². The van der Waals surface area contributed by atoms with Crippen LogP contribution < -0.4 is 10.6 Å². The van der Waals surface area contributed by atoms with Crippen molar-refractivity contribution < 1.29 is 9.13 Å². The first kappa shape index (κ1) is 24.4. The van der Waals surface area contributed by atoms with E-state index in [2.05, 4.69) is 27.6 Å². The molecule has 0 saturated carbocycles. The third kappa shape index (κ3) is 6.73. The summed E-state index contributed by atoms with van der Waals surface area (Å²) in [7, 11) is 1.69. The lowest BCUT2D eigenvalue weighted by Gasteiger charge is -2.12. The fourth-order valence-electron chi connectivity index (χ4n) is 2.80. The van der Waals surface area contributed by atoms with Gasteiger partial charge in [0.1, 0.15) is 5.82 Å². The molecule has 0 unspecified atom stereocenters. The average molecular weight is 503 g/mol. The van der Waals surface area contributed by atoms with E-state index in [0.29, 0.717) is 31.2 Å². The molecule has 0 fully saturated rings. The Bertz CT molecular complexity index is 791. The average Bonchev–Trinajstić information content (AvgIpc) is 2.91. The first-order valence-electron chi connectivity index (χ1n) is 9.25. The molecule has 0 aliphatic carbocycles. The van der Waals surface area contributed by atoms with E-state index in [9.17, 15) is 4.39 Å². The van der Waals surface area contributed by atoms with Crippen LogP contribution in [0.25, 0.3) is 0 Å². The summed E-state index contributed by atoms with van der Waals surface area (Å²) in [5.74, 6) is 0.498. The lowest BCUT2D eigenvalue weighted by atomic mass is 10.1. The Balaban J connectivity index is 0.00000392. The van der Waals surface area contributed by atoms with Crippen LogP contribution in [0.1, 0.15) is 35.0 Å². The molecule has 0 aliphatic rings. The van der Waals surface area contributed by atoms with E-state index in [1.165, 1.54) is 6.07 Å². The third-order valence-electron chi connectivity index (χ3n) is 4.47. The highest BCUT2D eigenvalue weighted by Crippen LogP contribution is 2.13. The first-order valence-corrected chi connectivity index (χ1v) is 9.25. The van der Waals surface area contributed by atoms with Gasteiger partial charge in [0, 0.05) is 31.5 Å². The van der Waals surface area contributed by atoms with Crippen LogP contribution in [0.2, 0.25) is 0 Å². The van der Waals surface area contributed by atoms with Gasteiger partial charge in [-0.05, 0) is 44.9 Å². The van der Waals surface area contributed by atoms with Gasteiger partial charge in [0.15, 0.2) is 5.96 Å². The Morgan fingerprint density at radius 2 is 2.00 bits per heavy atom. The fraction of sp³-hybridized carbons (Fsp3) is 0.500. The van der Waals surface area contributed by atoms with Gasteiger partial charge < -0.3 is 15.4 Å². The molecule has 2 N–H and O–H groups in total. The summed E-state index contributed by atoms with van der Waals surface area (Å²) in [5, 5.41) is 11.1. The van der Waals surface area contributed by atoms with Crippen LogP contribution in [0.4, 0.5) is 4.39 Å². The van der Waals surface area contributed by atoms with Crippen LogP contribution in [0.5, 0.6) is 0 Å². The molecule has 6 nitrogen and oxygen atoms in total. The summed E-state index contributed by atoms with van der Waals surface area (Å²) < 4.78 is 20.8. The number of hydrogen-bond acceptors (Lipinski definition) is 3. The van der Waals surface area contributed by atoms with Gasteiger partial charge in [-0.1, -0.05) is 12.1 Å². The summed E-state index contributed by atoms with van der Waals surface area (Å²) in [4.78, 5) is 4.57. The summed E-state index contributed by atoms with van der Waals surface area (Å²) in [6.07, 6.45) is 0. The van der Waals surface area contributed by atoms with Crippen molar-refractivity contribution in [3.8, 4) is 0 Å². The maximum Gasteiger partial charge on any atom is 0.191 e. The largest absolute Gasteiger partial charge is 0.383 e. The predicted octanol–water partition coefficient (Wildman–Crippen LogP) is 3.47. The second-order valence-electron chi connectivity index (χ2n) is 6.50.